The van der Waals surface area contributed by atoms with Crippen LogP contribution in [0.1, 0.15) is 15.9 Å². The number of ether oxygens (including phenoxy) is 2. The van der Waals surface area contributed by atoms with E-state index in [1.54, 1.807) is 44.4 Å². The third kappa shape index (κ3) is 6.06. The van der Waals surface area contributed by atoms with E-state index < -0.39 is 0 Å². The van der Waals surface area contributed by atoms with Crippen molar-refractivity contribution in [1.82, 2.24) is 14.8 Å². The van der Waals surface area contributed by atoms with Crippen molar-refractivity contribution in [3.8, 4) is 16.9 Å². The van der Waals surface area contributed by atoms with Crippen LogP contribution in [0.15, 0.2) is 54.7 Å². The third-order valence-corrected chi connectivity index (χ3v) is 6.51. The second-order valence-electron chi connectivity index (χ2n) is 8.91. The van der Waals surface area contributed by atoms with E-state index in [1.807, 2.05) is 36.4 Å². The molecule has 10 heteroatoms. The number of piperazine rings is 1. The molecule has 0 radical (unpaired) electrons. The molecular weight excluding hydrogens is 494 g/mol. The van der Waals surface area contributed by atoms with Crippen LogP contribution >= 0.6 is 11.6 Å². The molecule has 4 rings (SSSR count). The molecule has 0 spiro atoms. The van der Waals surface area contributed by atoms with Gasteiger partial charge in [0.2, 0.25) is 0 Å². The van der Waals surface area contributed by atoms with E-state index in [1.165, 1.54) is 4.90 Å². The number of nitrogens with zero attached hydrogens (tertiary/aromatic N) is 4. The van der Waals surface area contributed by atoms with Crippen molar-refractivity contribution in [1.29, 1.82) is 0 Å². The van der Waals surface area contributed by atoms with E-state index >= 15 is 0 Å². The summed E-state index contributed by atoms with van der Waals surface area (Å²) in [5.74, 6) is 1.26. The van der Waals surface area contributed by atoms with Gasteiger partial charge in [0.25, 0.3) is 5.91 Å². The maximum absolute atomic E-state index is 12.5. The fourth-order valence-electron chi connectivity index (χ4n) is 4.06. The predicted octanol–water partition coefficient (Wildman–Crippen LogP) is 4.15. The molecule has 0 saturated carbocycles. The molecule has 1 aromatic heterocycles. The van der Waals surface area contributed by atoms with Gasteiger partial charge < -0.3 is 29.9 Å². The zero-order chi connectivity index (χ0) is 26.5. The van der Waals surface area contributed by atoms with Crippen LogP contribution in [0.5, 0.6) is 5.75 Å². The molecule has 194 valence electrons. The predicted molar refractivity (Wildman–Crippen MR) is 144 cm³/mol. The van der Waals surface area contributed by atoms with Crippen LogP contribution in [-0.2, 0) is 11.3 Å². The van der Waals surface area contributed by atoms with Crippen LogP contribution in [0, 0.1) is 0 Å². The number of carbonyl (C=O) groups excluding carboxylic acids is 2. The summed E-state index contributed by atoms with van der Waals surface area (Å²) in [6.45, 7) is 2.37. The van der Waals surface area contributed by atoms with Gasteiger partial charge in [-0.3, -0.25) is 4.79 Å². The molecular formula is C27H30ClN5O4. The lowest BCUT2D eigenvalue weighted by Crippen LogP contribution is -2.49. The molecule has 0 atom stereocenters. The van der Waals surface area contributed by atoms with E-state index in [4.69, 9.17) is 26.8 Å². The first-order valence-electron chi connectivity index (χ1n) is 11.8. The number of amides is 2. The van der Waals surface area contributed by atoms with Gasteiger partial charge in [-0.1, -0.05) is 29.8 Å². The quantitative estimate of drug-likeness (QED) is 0.518. The van der Waals surface area contributed by atoms with Crippen LogP contribution in [0.2, 0.25) is 5.02 Å². The molecule has 1 aliphatic rings. The lowest BCUT2D eigenvalue weighted by Gasteiger charge is -2.35. The largest absolute Gasteiger partial charge is 0.497 e. The minimum atomic E-state index is -0.347. The summed E-state index contributed by atoms with van der Waals surface area (Å²) < 4.78 is 10.6. The first kappa shape index (κ1) is 26.1. The van der Waals surface area contributed by atoms with Gasteiger partial charge in [-0.25, -0.2) is 9.78 Å². The molecule has 1 fully saturated rings. The average molecular weight is 524 g/mol. The number of nitrogens with two attached hydrogens (primary N) is 1. The van der Waals surface area contributed by atoms with Crippen molar-refractivity contribution in [2.45, 2.75) is 6.61 Å². The number of nitrogen functional groups attached to an aromatic ring is 1. The topological polar surface area (TPSA) is 101 Å². The molecule has 0 unspecified atom stereocenters. The highest BCUT2D eigenvalue weighted by Crippen LogP contribution is 2.30. The molecule has 2 amide bonds. The molecule has 0 bridgehead atoms. The molecule has 0 aliphatic carbocycles. The van der Waals surface area contributed by atoms with E-state index in [9.17, 15) is 9.59 Å². The zero-order valence-electron chi connectivity index (χ0n) is 21.1. The van der Waals surface area contributed by atoms with Gasteiger partial charge in [0.15, 0.2) is 5.82 Å². The Bertz CT molecular complexity index is 1270. The number of rotatable bonds is 6. The van der Waals surface area contributed by atoms with Gasteiger partial charge in [0.1, 0.15) is 12.4 Å². The average Bonchev–Trinajstić information content (AvgIpc) is 2.91. The standard InChI is InChI=1S/C27H30ClN5O4/c1-31(2)26(34)22-9-6-19(14-23(22)28)20-15-24(29)25(30-16-20)32-10-12-33(13-11-32)27(35)37-17-18-4-7-21(36-3)8-5-18/h4-9,14-16H,10-13,17,29H2,1-3H3. The fraction of sp³-hybridized carbons (Fsp3) is 0.296. The molecule has 2 N–H and O–H groups in total. The highest BCUT2D eigenvalue weighted by Gasteiger charge is 2.24. The van der Waals surface area contributed by atoms with Crippen LogP contribution in [0.4, 0.5) is 16.3 Å². The Labute approximate surface area is 221 Å². The third-order valence-electron chi connectivity index (χ3n) is 6.19. The Morgan fingerprint density at radius 3 is 2.32 bits per heavy atom. The molecule has 2 heterocycles. The van der Waals surface area contributed by atoms with Crippen molar-refractivity contribution in [2.24, 2.45) is 0 Å². The van der Waals surface area contributed by atoms with Gasteiger partial charge in [0, 0.05) is 52.0 Å². The summed E-state index contributed by atoms with van der Waals surface area (Å²) in [5, 5.41) is 0.369. The summed E-state index contributed by atoms with van der Waals surface area (Å²) in [6, 6.07) is 14.5. The molecule has 1 saturated heterocycles. The number of pyridine rings is 1. The van der Waals surface area contributed by atoms with E-state index in [-0.39, 0.29) is 18.6 Å². The maximum atomic E-state index is 12.5. The van der Waals surface area contributed by atoms with Crippen molar-refractivity contribution in [2.75, 3.05) is 58.0 Å². The molecule has 9 nitrogen and oxygen atoms in total. The summed E-state index contributed by atoms with van der Waals surface area (Å²) in [6.07, 6.45) is 1.39. The number of methoxy groups -OCH3 is 1. The van der Waals surface area contributed by atoms with Crippen molar-refractivity contribution < 1.29 is 19.1 Å². The SMILES string of the molecule is COc1ccc(COC(=O)N2CCN(c3ncc(-c4ccc(C(=O)N(C)C)c(Cl)c4)cc3N)CC2)cc1. The minimum Gasteiger partial charge on any atom is -0.497 e. The van der Waals surface area contributed by atoms with Gasteiger partial charge in [-0.15, -0.1) is 0 Å². The Morgan fingerprint density at radius 2 is 1.73 bits per heavy atom. The van der Waals surface area contributed by atoms with Crippen LogP contribution in [0.3, 0.4) is 0 Å². The molecule has 3 aromatic rings. The van der Waals surface area contributed by atoms with Crippen LogP contribution < -0.4 is 15.4 Å². The normalized spacial score (nSPS) is 13.3. The number of hydrogen-bond donors (Lipinski definition) is 1. The summed E-state index contributed by atoms with van der Waals surface area (Å²) in [5.41, 5.74) is 9.83. The smallest absolute Gasteiger partial charge is 0.410 e. The number of anilines is 2. The summed E-state index contributed by atoms with van der Waals surface area (Å²) in [7, 11) is 4.97. The maximum Gasteiger partial charge on any atom is 0.410 e. The second-order valence-corrected chi connectivity index (χ2v) is 9.31. The first-order chi connectivity index (χ1) is 17.8. The minimum absolute atomic E-state index is 0.159. The highest BCUT2D eigenvalue weighted by atomic mass is 35.5. The van der Waals surface area contributed by atoms with Crippen molar-refractivity contribution >= 4 is 35.1 Å². The van der Waals surface area contributed by atoms with E-state index in [0.29, 0.717) is 48.3 Å². The zero-order valence-corrected chi connectivity index (χ0v) is 21.9. The molecule has 2 aromatic carbocycles. The Morgan fingerprint density at radius 1 is 1.03 bits per heavy atom. The Hall–Kier alpha value is -3.98. The monoisotopic (exact) mass is 523 g/mol. The summed E-state index contributed by atoms with van der Waals surface area (Å²) in [4.78, 5) is 34.6. The van der Waals surface area contributed by atoms with Crippen molar-refractivity contribution in [3.05, 3.63) is 70.9 Å². The first-order valence-corrected chi connectivity index (χ1v) is 12.2. The van der Waals surface area contributed by atoms with Crippen molar-refractivity contribution in [3.63, 3.8) is 0 Å². The number of carbonyl (C=O) groups is 2. The molecule has 1 aliphatic heterocycles. The highest BCUT2D eigenvalue weighted by molar-refractivity contribution is 6.34. The summed E-state index contributed by atoms with van der Waals surface area (Å²) >= 11 is 6.36. The van der Waals surface area contributed by atoms with E-state index in [0.717, 1.165) is 22.4 Å². The number of aromatic nitrogens is 1. The number of halogens is 1. The van der Waals surface area contributed by atoms with Gasteiger partial charge >= 0.3 is 6.09 Å². The Balaban J connectivity index is 1.35. The molecule has 37 heavy (non-hydrogen) atoms. The van der Waals surface area contributed by atoms with Gasteiger partial charge in [0.05, 0.1) is 23.4 Å². The van der Waals surface area contributed by atoms with Gasteiger partial charge in [-0.2, -0.15) is 0 Å². The van der Waals surface area contributed by atoms with Crippen LogP contribution in [-0.4, -0.2) is 74.2 Å². The second kappa shape index (κ2) is 11.4. The van der Waals surface area contributed by atoms with Gasteiger partial charge in [-0.05, 0) is 41.5 Å². The number of hydrogen-bond acceptors (Lipinski definition) is 7. The van der Waals surface area contributed by atoms with E-state index in [2.05, 4.69) is 9.88 Å². The fourth-order valence-corrected chi connectivity index (χ4v) is 4.33. The van der Waals surface area contributed by atoms with Crippen LogP contribution in [0.25, 0.3) is 11.1 Å². The number of benzene rings is 2. The Kier molecular flexibility index (Phi) is 8.03. The lowest BCUT2D eigenvalue weighted by atomic mass is 10.0. The lowest BCUT2D eigenvalue weighted by molar-refractivity contribution is 0.0827.